The SMILES string of the molecule is CC(C)(CO)[C@H](N)c1cccc(Oc2ccccc2)c1. The highest BCUT2D eigenvalue weighted by molar-refractivity contribution is 5.35. The molecule has 0 aliphatic rings. The molecular formula is C17H21NO2. The van der Waals surface area contributed by atoms with Crippen LogP contribution >= 0.6 is 0 Å². The molecule has 0 aliphatic carbocycles. The smallest absolute Gasteiger partial charge is 0.127 e. The molecule has 1 atom stereocenters. The summed E-state index contributed by atoms with van der Waals surface area (Å²) < 4.78 is 5.80. The lowest BCUT2D eigenvalue weighted by atomic mass is 9.82. The summed E-state index contributed by atoms with van der Waals surface area (Å²) >= 11 is 0. The van der Waals surface area contributed by atoms with Crippen LogP contribution in [0.25, 0.3) is 0 Å². The van der Waals surface area contributed by atoms with Gasteiger partial charge in [-0.15, -0.1) is 0 Å². The summed E-state index contributed by atoms with van der Waals surface area (Å²) in [4.78, 5) is 0. The van der Waals surface area contributed by atoms with Crippen LogP contribution in [0.15, 0.2) is 54.6 Å². The van der Waals surface area contributed by atoms with Crippen molar-refractivity contribution in [2.75, 3.05) is 6.61 Å². The molecule has 0 unspecified atom stereocenters. The van der Waals surface area contributed by atoms with Crippen LogP contribution in [0.2, 0.25) is 0 Å². The molecule has 3 heteroatoms. The standard InChI is InChI=1S/C17H21NO2/c1-17(2,12-19)16(18)13-7-6-10-15(11-13)20-14-8-4-3-5-9-14/h3-11,16,19H,12,18H2,1-2H3/t16-/m1/s1. The number of rotatable bonds is 5. The van der Waals surface area contributed by atoms with Crippen molar-refractivity contribution in [3.63, 3.8) is 0 Å². The Morgan fingerprint density at radius 1 is 1.05 bits per heavy atom. The molecule has 3 nitrogen and oxygen atoms in total. The van der Waals surface area contributed by atoms with Gasteiger partial charge in [0.05, 0.1) is 0 Å². The zero-order chi connectivity index (χ0) is 14.6. The van der Waals surface area contributed by atoms with Crippen LogP contribution in [0.4, 0.5) is 0 Å². The highest BCUT2D eigenvalue weighted by Crippen LogP contribution is 2.33. The van der Waals surface area contributed by atoms with Crippen molar-refractivity contribution in [2.24, 2.45) is 11.1 Å². The zero-order valence-corrected chi connectivity index (χ0v) is 11.9. The van der Waals surface area contributed by atoms with Crippen LogP contribution in [0.1, 0.15) is 25.5 Å². The molecule has 0 radical (unpaired) electrons. The van der Waals surface area contributed by atoms with Gasteiger partial charge in [-0.1, -0.05) is 44.2 Å². The monoisotopic (exact) mass is 271 g/mol. The van der Waals surface area contributed by atoms with E-state index < -0.39 is 0 Å². The Bertz CT molecular complexity index is 552. The van der Waals surface area contributed by atoms with Crippen LogP contribution in [0, 0.1) is 5.41 Å². The minimum atomic E-state index is -0.370. The highest BCUT2D eigenvalue weighted by atomic mass is 16.5. The lowest BCUT2D eigenvalue weighted by Gasteiger charge is -2.29. The summed E-state index contributed by atoms with van der Waals surface area (Å²) in [6.07, 6.45) is 0. The Kier molecular flexibility index (Phi) is 4.42. The third-order valence-electron chi connectivity index (χ3n) is 3.45. The number of nitrogens with two attached hydrogens (primary N) is 1. The van der Waals surface area contributed by atoms with Crippen LogP contribution < -0.4 is 10.5 Å². The van der Waals surface area contributed by atoms with E-state index in [0.29, 0.717) is 0 Å². The molecule has 0 fully saturated rings. The van der Waals surface area contributed by atoms with Crippen LogP contribution in [0.3, 0.4) is 0 Å². The molecule has 0 bridgehead atoms. The lowest BCUT2D eigenvalue weighted by molar-refractivity contribution is 0.132. The van der Waals surface area contributed by atoms with Gasteiger partial charge < -0.3 is 15.6 Å². The largest absolute Gasteiger partial charge is 0.457 e. The summed E-state index contributed by atoms with van der Waals surface area (Å²) in [6.45, 7) is 3.93. The van der Waals surface area contributed by atoms with Gasteiger partial charge in [0.15, 0.2) is 0 Å². The van der Waals surface area contributed by atoms with Gasteiger partial charge >= 0.3 is 0 Å². The van der Waals surface area contributed by atoms with Gasteiger partial charge in [-0.3, -0.25) is 0 Å². The first-order valence-corrected chi connectivity index (χ1v) is 6.72. The third-order valence-corrected chi connectivity index (χ3v) is 3.45. The molecule has 0 amide bonds. The van der Waals surface area contributed by atoms with Crippen molar-refractivity contribution in [3.8, 4) is 11.5 Å². The molecule has 2 aromatic carbocycles. The second-order valence-corrected chi connectivity index (χ2v) is 5.61. The molecule has 2 rings (SSSR count). The first kappa shape index (κ1) is 14.6. The second-order valence-electron chi connectivity index (χ2n) is 5.61. The van der Waals surface area contributed by atoms with E-state index in [1.807, 2.05) is 68.4 Å². The first-order valence-electron chi connectivity index (χ1n) is 6.72. The quantitative estimate of drug-likeness (QED) is 0.875. The molecule has 0 aromatic heterocycles. The summed E-state index contributed by atoms with van der Waals surface area (Å²) in [5.74, 6) is 1.54. The molecule has 3 N–H and O–H groups in total. The predicted molar refractivity (Wildman–Crippen MR) is 80.8 cm³/mol. The molecule has 2 aromatic rings. The fourth-order valence-electron chi connectivity index (χ4n) is 1.95. The maximum atomic E-state index is 9.42. The molecule has 20 heavy (non-hydrogen) atoms. The number of hydrogen-bond donors (Lipinski definition) is 2. The summed E-state index contributed by atoms with van der Waals surface area (Å²) in [5.41, 5.74) is 6.82. The van der Waals surface area contributed by atoms with E-state index in [-0.39, 0.29) is 18.1 Å². The van der Waals surface area contributed by atoms with Gasteiger partial charge in [0.1, 0.15) is 11.5 Å². The van der Waals surface area contributed by atoms with Gasteiger partial charge in [0.25, 0.3) is 0 Å². The van der Waals surface area contributed by atoms with E-state index in [9.17, 15) is 5.11 Å². The Morgan fingerprint density at radius 3 is 2.35 bits per heavy atom. The summed E-state index contributed by atoms with van der Waals surface area (Å²) in [6, 6.07) is 17.1. The molecule has 0 heterocycles. The zero-order valence-electron chi connectivity index (χ0n) is 11.9. The maximum absolute atomic E-state index is 9.42. The van der Waals surface area contributed by atoms with Crippen molar-refractivity contribution in [1.82, 2.24) is 0 Å². The minimum absolute atomic E-state index is 0.0396. The fourth-order valence-corrected chi connectivity index (χ4v) is 1.95. The van der Waals surface area contributed by atoms with Crippen molar-refractivity contribution in [2.45, 2.75) is 19.9 Å². The average Bonchev–Trinajstić information content (AvgIpc) is 2.48. The number of aliphatic hydroxyl groups excluding tert-OH is 1. The molecule has 0 spiro atoms. The molecule has 0 saturated carbocycles. The van der Waals surface area contributed by atoms with E-state index >= 15 is 0 Å². The molecular weight excluding hydrogens is 250 g/mol. The van der Waals surface area contributed by atoms with Gasteiger partial charge in [-0.05, 0) is 29.8 Å². The lowest BCUT2D eigenvalue weighted by Crippen LogP contribution is -2.32. The number of benzene rings is 2. The minimum Gasteiger partial charge on any atom is -0.457 e. The first-order chi connectivity index (χ1) is 9.53. The highest BCUT2D eigenvalue weighted by Gasteiger charge is 2.27. The molecule has 106 valence electrons. The van der Waals surface area contributed by atoms with Gasteiger partial charge in [-0.2, -0.15) is 0 Å². The average molecular weight is 271 g/mol. The topological polar surface area (TPSA) is 55.5 Å². The molecule has 0 saturated heterocycles. The Labute approximate surface area is 120 Å². The van der Waals surface area contributed by atoms with Crippen LogP contribution in [0.5, 0.6) is 11.5 Å². The number of ether oxygens (including phenoxy) is 1. The van der Waals surface area contributed by atoms with Crippen molar-refractivity contribution in [3.05, 3.63) is 60.2 Å². The van der Waals surface area contributed by atoms with E-state index in [0.717, 1.165) is 17.1 Å². The summed E-state index contributed by atoms with van der Waals surface area (Å²) in [7, 11) is 0. The predicted octanol–water partition coefficient (Wildman–Crippen LogP) is 3.50. The second kappa shape index (κ2) is 6.07. The van der Waals surface area contributed by atoms with E-state index in [4.69, 9.17) is 10.5 Å². The van der Waals surface area contributed by atoms with E-state index in [1.165, 1.54) is 0 Å². The number of hydrogen-bond acceptors (Lipinski definition) is 3. The van der Waals surface area contributed by atoms with Gasteiger partial charge in [0.2, 0.25) is 0 Å². The Hall–Kier alpha value is -1.84. The normalized spacial score (nSPS) is 13.0. The maximum Gasteiger partial charge on any atom is 0.127 e. The number of aliphatic hydroxyl groups is 1. The van der Waals surface area contributed by atoms with Crippen molar-refractivity contribution in [1.29, 1.82) is 0 Å². The molecule has 0 aliphatic heterocycles. The van der Waals surface area contributed by atoms with Crippen LogP contribution in [-0.4, -0.2) is 11.7 Å². The third kappa shape index (κ3) is 3.38. The van der Waals surface area contributed by atoms with E-state index in [2.05, 4.69) is 0 Å². The van der Waals surface area contributed by atoms with Crippen molar-refractivity contribution >= 4 is 0 Å². The summed E-state index contributed by atoms with van der Waals surface area (Å²) in [5, 5.41) is 9.42. The van der Waals surface area contributed by atoms with E-state index in [1.54, 1.807) is 0 Å². The fraction of sp³-hybridized carbons (Fsp3) is 0.294. The van der Waals surface area contributed by atoms with Crippen LogP contribution in [-0.2, 0) is 0 Å². The van der Waals surface area contributed by atoms with Gasteiger partial charge in [0, 0.05) is 18.1 Å². The Balaban J connectivity index is 2.20. The van der Waals surface area contributed by atoms with Gasteiger partial charge in [-0.25, -0.2) is 0 Å². The number of para-hydroxylation sites is 1. The van der Waals surface area contributed by atoms with Crippen molar-refractivity contribution < 1.29 is 9.84 Å². The Morgan fingerprint density at radius 2 is 1.70 bits per heavy atom.